The van der Waals surface area contributed by atoms with E-state index in [1.807, 2.05) is 32.9 Å². The number of carbonyl (C=O) groups is 3. The highest BCUT2D eigenvalue weighted by molar-refractivity contribution is 6.35. The average molecular weight is 388 g/mol. The van der Waals surface area contributed by atoms with E-state index in [0.29, 0.717) is 17.3 Å². The van der Waals surface area contributed by atoms with E-state index in [1.54, 1.807) is 6.07 Å². The molecule has 1 N–H and O–H groups in total. The fourth-order valence-corrected chi connectivity index (χ4v) is 6.08. The predicted octanol–water partition coefficient (Wildman–Crippen LogP) is 2.37. The molecule has 0 radical (unpaired) electrons. The molecule has 0 aromatic heterocycles. The van der Waals surface area contributed by atoms with E-state index in [1.165, 1.54) is 4.90 Å². The van der Waals surface area contributed by atoms with Gasteiger partial charge in [-0.25, -0.2) is 0 Å². The normalized spacial score (nSPS) is 35.0. The third kappa shape index (κ3) is 1.83. The van der Waals surface area contributed by atoms with Crippen LogP contribution in [0.25, 0.3) is 0 Å². The lowest BCUT2D eigenvalue weighted by Gasteiger charge is -2.38. The molecule has 0 bridgehead atoms. The minimum absolute atomic E-state index is 0.0884. The van der Waals surface area contributed by atoms with E-state index in [4.69, 9.17) is 11.6 Å². The van der Waals surface area contributed by atoms with E-state index >= 15 is 0 Å². The Morgan fingerprint density at radius 2 is 1.93 bits per heavy atom. The van der Waals surface area contributed by atoms with Crippen molar-refractivity contribution >= 4 is 35.0 Å². The Kier molecular flexibility index (Phi) is 3.26. The van der Waals surface area contributed by atoms with Crippen LogP contribution in [-0.2, 0) is 19.9 Å². The van der Waals surface area contributed by atoms with Gasteiger partial charge in [-0.15, -0.1) is 0 Å². The lowest BCUT2D eigenvalue weighted by molar-refractivity contribution is -0.150. The predicted molar refractivity (Wildman–Crippen MR) is 100 cm³/mol. The molecule has 3 fully saturated rings. The molecule has 142 valence electrons. The summed E-state index contributed by atoms with van der Waals surface area (Å²) >= 11 is 6.35. The monoisotopic (exact) mass is 387 g/mol. The van der Waals surface area contributed by atoms with Crippen LogP contribution < -0.4 is 5.32 Å². The van der Waals surface area contributed by atoms with E-state index < -0.39 is 22.9 Å². The van der Waals surface area contributed by atoms with Crippen LogP contribution in [0.1, 0.15) is 39.2 Å². The largest absolute Gasteiger partial charge is 0.323 e. The second-order valence-electron chi connectivity index (χ2n) is 8.97. The number of benzene rings is 1. The minimum atomic E-state index is -1.14. The van der Waals surface area contributed by atoms with Gasteiger partial charge in [0.1, 0.15) is 5.54 Å². The fourth-order valence-electron chi connectivity index (χ4n) is 5.86. The molecule has 27 heavy (non-hydrogen) atoms. The Morgan fingerprint density at radius 1 is 1.19 bits per heavy atom. The number of para-hydroxylation sites is 1. The first-order valence-electron chi connectivity index (χ1n) is 9.46. The van der Waals surface area contributed by atoms with Crippen molar-refractivity contribution in [3.05, 3.63) is 28.8 Å². The van der Waals surface area contributed by atoms with Gasteiger partial charge in [0.2, 0.25) is 11.8 Å². The lowest BCUT2D eigenvalue weighted by atomic mass is 9.75. The molecule has 0 unspecified atom stereocenters. The quantitative estimate of drug-likeness (QED) is 0.694. The zero-order chi connectivity index (χ0) is 19.3. The van der Waals surface area contributed by atoms with E-state index in [9.17, 15) is 14.4 Å². The van der Waals surface area contributed by atoms with Crippen molar-refractivity contribution in [1.29, 1.82) is 0 Å². The number of halogens is 1. The first kappa shape index (κ1) is 17.2. The summed E-state index contributed by atoms with van der Waals surface area (Å²) in [6, 6.07) is 5.32. The van der Waals surface area contributed by atoms with E-state index in [0.717, 1.165) is 18.4 Å². The number of hydrogen-bond donors (Lipinski definition) is 1. The Bertz CT molecular complexity index is 908. The Hall–Kier alpha value is -1.92. The van der Waals surface area contributed by atoms with Gasteiger partial charge in [-0.2, -0.15) is 0 Å². The summed E-state index contributed by atoms with van der Waals surface area (Å²) in [4.78, 5) is 43.8. The van der Waals surface area contributed by atoms with Crippen LogP contribution in [0.5, 0.6) is 0 Å². The summed E-state index contributed by atoms with van der Waals surface area (Å²) in [6.07, 6.45) is 1.74. The maximum Gasteiger partial charge on any atom is 0.250 e. The topological polar surface area (TPSA) is 69.7 Å². The van der Waals surface area contributed by atoms with Crippen LogP contribution in [0.3, 0.4) is 0 Å². The van der Waals surface area contributed by atoms with Crippen molar-refractivity contribution in [3.63, 3.8) is 0 Å². The van der Waals surface area contributed by atoms with Crippen molar-refractivity contribution in [2.45, 2.75) is 50.7 Å². The lowest BCUT2D eigenvalue weighted by Crippen LogP contribution is -2.56. The number of fused-ring (bicyclic) bond motifs is 7. The zero-order valence-electron chi connectivity index (χ0n) is 15.6. The number of nitrogens with one attached hydrogen (secondary N) is 1. The molecule has 1 aromatic carbocycles. The van der Waals surface area contributed by atoms with Gasteiger partial charge in [0.05, 0.1) is 22.5 Å². The van der Waals surface area contributed by atoms with Crippen molar-refractivity contribution in [2.75, 3.05) is 11.9 Å². The van der Waals surface area contributed by atoms with E-state index in [-0.39, 0.29) is 23.8 Å². The number of likely N-dealkylation sites (tertiary alicyclic amines) is 1. The molecule has 7 heteroatoms. The van der Waals surface area contributed by atoms with Gasteiger partial charge >= 0.3 is 0 Å². The molecule has 4 aliphatic heterocycles. The molecular formula is C20H22ClN3O3. The van der Waals surface area contributed by atoms with Gasteiger partial charge in [0.25, 0.3) is 5.91 Å². The Labute approximate surface area is 162 Å². The van der Waals surface area contributed by atoms with Crippen LogP contribution in [0, 0.1) is 11.8 Å². The number of imide groups is 1. The number of nitrogens with zero attached hydrogens (tertiary/aromatic N) is 2. The summed E-state index contributed by atoms with van der Waals surface area (Å²) in [6.45, 7) is 6.29. The maximum absolute atomic E-state index is 13.5. The Balaban J connectivity index is 1.77. The summed E-state index contributed by atoms with van der Waals surface area (Å²) in [5.41, 5.74) is -0.449. The first-order valence-corrected chi connectivity index (χ1v) is 9.83. The molecule has 4 heterocycles. The van der Waals surface area contributed by atoms with Gasteiger partial charge in [-0.3, -0.25) is 24.2 Å². The summed E-state index contributed by atoms with van der Waals surface area (Å²) in [5.74, 6) is -1.80. The number of amides is 3. The molecule has 3 amide bonds. The highest BCUT2D eigenvalue weighted by Gasteiger charge is 2.75. The summed E-state index contributed by atoms with van der Waals surface area (Å²) in [7, 11) is 0. The molecule has 4 aliphatic rings. The van der Waals surface area contributed by atoms with Crippen molar-refractivity contribution in [2.24, 2.45) is 11.8 Å². The molecular weight excluding hydrogens is 366 g/mol. The second-order valence-corrected chi connectivity index (χ2v) is 9.38. The number of anilines is 1. The van der Waals surface area contributed by atoms with Crippen LogP contribution in [0.2, 0.25) is 5.02 Å². The summed E-state index contributed by atoms with van der Waals surface area (Å²) in [5, 5.41) is 3.38. The first-order chi connectivity index (χ1) is 12.7. The maximum atomic E-state index is 13.5. The smallest absolute Gasteiger partial charge is 0.250 e. The van der Waals surface area contributed by atoms with Gasteiger partial charge in [0, 0.05) is 17.1 Å². The third-order valence-corrected chi connectivity index (χ3v) is 6.96. The number of carbonyl (C=O) groups excluding carboxylic acids is 3. The molecule has 1 spiro atoms. The van der Waals surface area contributed by atoms with Gasteiger partial charge in [-0.05, 0) is 46.2 Å². The van der Waals surface area contributed by atoms with Gasteiger partial charge in [-0.1, -0.05) is 23.7 Å². The number of rotatable bonds is 0. The molecule has 3 saturated heterocycles. The van der Waals surface area contributed by atoms with Crippen LogP contribution in [-0.4, -0.2) is 45.6 Å². The zero-order valence-corrected chi connectivity index (χ0v) is 16.3. The highest BCUT2D eigenvalue weighted by atomic mass is 35.5. The standard InChI is InChI=1S/C20H22ClN3O3/c1-19(2,3)24-16(25)13-12-8-5-9-23(12)20(14(13)17(24)26)10-6-4-7-11(21)15(10)22-18(20)27/h4,6-7,12-14H,5,8-9H2,1-3H3,(H,22,27)/t12-,13-,14+,20+/m1/s1. The highest BCUT2D eigenvalue weighted by Crippen LogP contribution is 2.61. The van der Waals surface area contributed by atoms with E-state index in [2.05, 4.69) is 10.2 Å². The molecule has 4 atom stereocenters. The van der Waals surface area contributed by atoms with Crippen LogP contribution in [0.15, 0.2) is 18.2 Å². The van der Waals surface area contributed by atoms with Crippen molar-refractivity contribution in [3.8, 4) is 0 Å². The molecule has 6 nitrogen and oxygen atoms in total. The van der Waals surface area contributed by atoms with Gasteiger partial charge in [0.15, 0.2) is 0 Å². The minimum Gasteiger partial charge on any atom is -0.323 e. The number of hydrogen-bond acceptors (Lipinski definition) is 4. The molecule has 0 saturated carbocycles. The molecule has 0 aliphatic carbocycles. The van der Waals surface area contributed by atoms with Gasteiger partial charge < -0.3 is 5.32 Å². The summed E-state index contributed by atoms with van der Waals surface area (Å²) < 4.78 is 0. The second kappa shape index (κ2) is 5.11. The SMILES string of the molecule is CC(C)(C)N1C(=O)[C@@H]2[C@H]3CCCN3[C@]3(C(=O)Nc4c(Cl)cccc43)[C@@H]2C1=O. The average Bonchev–Trinajstić information content (AvgIpc) is 3.26. The van der Waals surface area contributed by atoms with Crippen molar-refractivity contribution in [1.82, 2.24) is 9.80 Å². The Morgan fingerprint density at radius 3 is 2.63 bits per heavy atom. The van der Waals surface area contributed by atoms with Crippen molar-refractivity contribution < 1.29 is 14.4 Å². The molecule has 5 rings (SSSR count). The van der Waals surface area contributed by atoms with Crippen LogP contribution >= 0.6 is 11.6 Å². The molecule has 1 aromatic rings. The fraction of sp³-hybridized carbons (Fsp3) is 0.550. The van der Waals surface area contributed by atoms with Crippen LogP contribution in [0.4, 0.5) is 5.69 Å². The third-order valence-electron chi connectivity index (χ3n) is 6.65.